The lowest BCUT2D eigenvalue weighted by atomic mass is 10.2. The molecule has 0 aliphatic heterocycles. The molecule has 30 heavy (non-hydrogen) atoms. The van der Waals surface area contributed by atoms with Crippen molar-refractivity contribution in [2.75, 3.05) is 0 Å². The highest BCUT2D eigenvalue weighted by molar-refractivity contribution is 5.82. The second-order valence-corrected chi connectivity index (χ2v) is 6.57. The number of benzene rings is 4. The van der Waals surface area contributed by atoms with Gasteiger partial charge < -0.3 is 0 Å². The van der Waals surface area contributed by atoms with Crippen LogP contribution in [0.4, 0.5) is 22.7 Å². The third-order valence-electron chi connectivity index (χ3n) is 4.30. The molecule has 0 bridgehead atoms. The van der Waals surface area contributed by atoms with E-state index in [1.54, 1.807) is 0 Å². The minimum Gasteiger partial charge on any atom is -0.256 e. The summed E-state index contributed by atoms with van der Waals surface area (Å²) >= 11 is 0. The van der Waals surface area contributed by atoms with Crippen LogP contribution < -0.4 is 0 Å². The summed E-state index contributed by atoms with van der Waals surface area (Å²) in [5.41, 5.74) is 5.44. The summed E-state index contributed by atoms with van der Waals surface area (Å²) in [4.78, 5) is 8.95. The Hall–Kier alpha value is -4.18. The van der Waals surface area contributed by atoms with Gasteiger partial charge >= 0.3 is 0 Å². The van der Waals surface area contributed by atoms with E-state index in [4.69, 9.17) is 0 Å². The van der Waals surface area contributed by atoms with E-state index in [0.29, 0.717) is 0 Å². The van der Waals surface area contributed by atoms with Gasteiger partial charge in [-0.2, -0.15) is 10.2 Å². The molecular formula is C26H20N4. The first kappa shape index (κ1) is 19.2. The average Bonchev–Trinajstić information content (AvgIpc) is 2.83. The summed E-state index contributed by atoms with van der Waals surface area (Å²) in [6, 6.07) is 35.3. The summed E-state index contributed by atoms with van der Waals surface area (Å²) in [6.45, 7) is 0. The molecule has 0 saturated heterocycles. The van der Waals surface area contributed by atoms with Crippen molar-refractivity contribution in [2.24, 2.45) is 20.2 Å². The molecule has 4 heteroatoms. The third kappa shape index (κ3) is 5.66. The van der Waals surface area contributed by atoms with E-state index >= 15 is 0 Å². The molecule has 4 aromatic rings. The zero-order valence-electron chi connectivity index (χ0n) is 16.3. The van der Waals surface area contributed by atoms with Crippen molar-refractivity contribution >= 4 is 35.2 Å². The van der Waals surface area contributed by atoms with Gasteiger partial charge in [0.05, 0.1) is 22.7 Å². The Balaban J connectivity index is 1.36. The zero-order chi connectivity index (χ0) is 20.4. The minimum absolute atomic E-state index is 0.778. The van der Waals surface area contributed by atoms with Gasteiger partial charge in [-0.3, -0.25) is 9.98 Å². The summed E-state index contributed by atoms with van der Waals surface area (Å²) in [7, 11) is 0. The smallest absolute Gasteiger partial charge is 0.0858 e. The first-order chi connectivity index (χ1) is 14.8. The molecule has 0 heterocycles. The molecule has 0 fully saturated rings. The van der Waals surface area contributed by atoms with E-state index in [9.17, 15) is 0 Å². The normalized spacial score (nSPS) is 11.6. The van der Waals surface area contributed by atoms with Crippen molar-refractivity contribution in [1.29, 1.82) is 0 Å². The second-order valence-electron chi connectivity index (χ2n) is 6.57. The van der Waals surface area contributed by atoms with Gasteiger partial charge in [0.1, 0.15) is 0 Å². The van der Waals surface area contributed by atoms with Crippen LogP contribution in [-0.4, -0.2) is 12.4 Å². The van der Waals surface area contributed by atoms with Crippen LogP contribution in [0.5, 0.6) is 0 Å². The number of hydrogen-bond donors (Lipinski definition) is 0. The lowest BCUT2D eigenvalue weighted by molar-refractivity contribution is 1.23. The van der Waals surface area contributed by atoms with Crippen LogP contribution in [0.25, 0.3) is 0 Å². The molecule has 144 valence electrons. The molecule has 0 radical (unpaired) electrons. The highest BCUT2D eigenvalue weighted by Gasteiger charge is 1.94. The quantitative estimate of drug-likeness (QED) is 0.241. The van der Waals surface area contributed by atoms with E-state index in [2.05, 4.69) is 20.2 Å². The van der Waals surface area contributed by atoms with Crippen molar-refractivity contribution < 1.29 is 0 Å². The predicted octanol–water partition coefficient (Wildman–Crippen LogP) is 7.60. The number of azo groups is 1. The fourth-order valence-corrected chi connectivity index (χ4v) is 2.70. The van der Waals surface area contributed by atoms with E-state index in [0.717, 1.165) is 33.9 Å². The van der Waals surface area contributed by atoms with Gasteiger partial charge in [0.25, 0.3) is 0 Å². The fourth-order valence-electron chi connectivity index (χ4n) is 2.70. The van der Waals surface area contributed by atoms with Crippen LogP contribution in [0.2, 0.25) is 0 Å². The van der Waals surface area contributed by atoms with Crippen LogP contribution in [0.15, 0.2) is 129 Å². The molecule has 0 saturated carbocycles. The van der Waals surface area contributed by atoms with E-state index in [1.807, 2.05) is 122 Å². The lowest BCUT2D eigenvalue weighted by Crippen LogP contribution is -1.77. The maximum absolute atomic E-state index is 4.47. The summed E-state index contributed by atoms with van der Waals surface area (Å²) in [6.07, 6.45) is 3.69. The van der Waals surface area contributed by atoms with Gasteiger partial charge in [-0.15, -0.1) is 0 Å². The van der Waals surface area contributed by atoms with Crippen LogP contribution in [0, 0.1) is 0 Å². The summed E-state index contributed by atoms with van der Waals surface area (Å²) in [5.74, 6) is 0. The molecule has 0 atom stereocenters. The third-order valence-corrected chi connectivity index (χ3v) is 4.30. The maximum Gasteiger partial charge on any atom is 0.0858 e. The highest BCUT2D eigenvalue weighted by Crippen LogP contribution is 2.23. The van der Waals surface area contributed by atoms with Crippen molar-refractivity contribution in [3.8, 4) is 0 Å². The molecule has 0 aliphatic rings. The van der Waals surface area contributed by atoms with Crippen molar-refractivity contribution in [1.82, 2.24) is 0 Å². The largest absolute Gasteiger partial charge is 0.256 e. The molecule has 4 aromatic carbocycles. The van der Waals surface area contributed by atoms with E-state index < -0.39 is 0 Å². The van der Waals surface area contributed by atoms with E-state index in [1.165, 1.54) is 0 Å². The Kier molecular flexibility index (Phi) is 6.28. The Labute approximate surface area is 176 Å². The second kappa shape index (κ2) is 9.85. The zero-order valence-corrected chi connectivity index (χ0v) is 16.3. The summed E-state index contributed by atoms with van der Waals surface area (Å²) in [5, 5.41) is 8.59. The van der Waals surface area contributed by atoms with Crippen molar-refractivity contribution in [2.45, 2.75) is 0 Å². The first-order valence-corrected chi connectivity index (χ1v) is 9.65. The molecule has 4 rings (SSSR count). The molecular weight excluding hydrogens is 368 g/mol. The number of rotatable bonds is 6. The molecule has 0 spiro atoms. The van der Waals surface area contributed by atoms with Gasteiger partial charge in [0, 0.05) is 12.4 Å². The maximum atomic E-state index is 4.47. The van der Waals surface area contributed by atoms with Crippen LogP contribution >= 0.6 is 0 Å². The van der Waals surface area contributed by atoms with Gasteiger partial charge in [-0.05, 0) is 59.7 Å². The Morgan fingerprint density at radius 2 is 0.700 bits per heavy atom. The minimum atomic E-state index is 0.778. The van der Waals surface area contributed by atoms with Gasteiger partial charge in [-0.1, -0.05) is 60.7 Å². The first-order valence-electron chi connectivity index (χ1n) is 9.65. The van der Waals surface area contributed by atoms with Gasteiger partial charge in [-0.25, -0.2) is 0 Å². The monoisotopic (exact) mass is 388 g/mol. The predicted molar refractivity (Wildman–Crippen MR) is 124 cm³/mol. The molecule has 0 aromatic heterocycles. The van der Waals surface area contributed by atoms with Crippen LogP contribution in [-0.2, 0) is 0 Å². The van der Waals surface area contributed by atoms with Crippen LogP contribution in [0.3, 0.4) is 0 Å². The molecule has 4 nitrogen and oxygen atoms in total. The Morgan fingerprint density at radius 1 is 0.367 bits per heavy atom. The highest BCUT2D eigenvalue weighted by atomic mass is 15.1. The standard InChI is InChI=1S/C26H20N4/c1-3-7-21(8-4-1)19-27-23-11-15-25(16-12-23)29-30-26-17-13-24(14-18-26)28-20-22-9-5-2-6-10-22/h1-20H. The van der Waals surface area contributed by atoms with Gasteiger partial charge in [0.15, 0.2) is 0 Å². The van der Waals surface area contributed by atoms with E-state index in [-0.39, 0.29) is 0 Å². The molecule has 0 N–H and O–H groups in total. The molecule has 0 unspecified atom stereocenters. The molecule has 0 amide bonds. The Morgan fingerprint density at radius 3 is 1.07 bits per heavy atom. The van der Waals surface area contributed by atoms with Gasteiger partial charge in [0.2, 0.25) is 0 Å². The lowest BCUT2D eigenvalue weighted by Gasteiger charge is -1.97. The number of hydrogen-bond acceptors (Lipinski definition) is 4. The Bertz CT molecular complexity index is 1050. The topological polar surface area (TPSA) is 49.4 Å². The number of nitrogens with zero attached hydrogens (tertiary/aromatic N) is 4. The van der Waals surface area contributed by atoms with Crippen LogP contribution in [0.1, 0.15) is 11.1 Å². The molecule has 0 aliphatic carbocycles. The number of aliphatic imine (C=N–C) groups is 2. The average molecular weight is 388 g/mol. The van der Waals surface area contributed by atoms with Crippen molar-refractivity contribution in [3.63, 3.8) is 0 Å². The summed E-state index contributed by atoms with van der Waals surface area (Å²) < 4.78 is 0. The SMILES string of the molecule is C(=Nc1ccc(N=Nc2ccc(N=Cc3ccccc3)cc2)cc1)c1ccccc1. The van der Waals surface area contributed by atoms with Crippen molar-refractivity contribution in [3.05, 3.63) is 120 Å². The fraction of sp³-hybridized carbons (Fsp3) is 0.